The van der Waals surface area contributed by atoms with Crippen LogP contribution in [-0.4, -0.2) is 35.1 Å². The van der Waals surface area contributed by atoms with Crippen molar-refractivity contribution < 1.29 is 19.2 Å². The lowest BCUT2D eigenvalue weighted by atomic mass is 10.1. The lowest BCUT2D eigenvalue weighted by Gasteiger charge is -2.14. The Balaban J connectivity index is 1.56. The molecule has 0 saturated carbocycles. The summed E-state index contributed by atoms with van der Waals surface area (Å²) in [6, 6.07) is 13.1. The van der Waals surface area contributed by atoms with E-state index in [9.17, 15) is 19.2 Å². The van der Waals surface area contributed by atoms with Crippen molar-refractivity contribution >= 4 is 29.3 Å². The second-order valence-electron chi connectivity index (χ2n) is 5.87. The number of nitrogens with two attached hydrogens (primary N) is 1. The van der Waals surface area contributed by atoms with Crippen LogP contribution >= 0.6 is 0 Å². The minimum atomic E-state index is -0.632. The van der Waals surface area contributed by atoms with Gasteiger partial charge in [-0.15, -0.1) is 0 Å². The second-order valence-corrected chi connectivity index (χ2v) is 5.87. The lowest BCUT2D eigenvalue weighted by molar-refractivity contribution is -0.116. The molecule has 0 unspecified atom stereocenters. The van der Waals surface area contributed by atoms with E-state index in [0.29, 0.717) is 23.2 Å². The highest BCUT2D eigenvalue weighted by Gasteiger charge is 2.34. The molecule has 1 heterocycles. The number of carbonyl (C=O) groups is 4. The summed E-state index contributed by atoms with van der Waals surface area (Å²) >= 11 is 0. The number of nitrogens with zero attached hydrogens (tertiary/aromatic N) is 1. The second kappa shape index (κ2) is 7.18. The van der Waals surface area contributed by atoms with Crippen molar-refractivity contribution in [2.45, 2.75) is 12.8 Å². The van der Waals surface area contributed by atoms with E-state index in [4.69, 9.17) is 5.73 Å². The first-order valence-electron chi connectivity index (χ1n) is 8.13. The van der Waals surface area contributed by atoms with Crippen LogP contribution in [0.4, 0.5) is 5.69 Å². The zero-order valence-electron chi connectivity index (χ0n) is 13.9. The highest BCUT2D eigenvalue weighted by Crippen LogP contribution is 2.22. The van der Waals surface area contributed by atoms with Gasteiger partial charge in [0.2, 0.25) is 5.91 Å². The number of fused-ring (bicyclic) bond motifs is 1. The maximum Gasteiger partial charge on any atom is 0.261 e. The molecule has 0 spiro atoms. The van der Waals surface area contributed by atoms with E-state index in [1.54, 1.807) is 42.5 Å². The standard InChI is InChI=1S/C19H17N3O4/c20-17(24)14-8-3-4-9-15(14)21-16(23)10-5-11-22-18(25)12-6-1-2-7-13(12)19(22)26/h1-4,6-9H,5,10-11H2,(H2,20,24)(H,21,23). The Bertz CT molecular complexity index is 872. The van der Waals surface area contributed by atoms with Crippen LogP contribution in [0, 0.1) is 0 Å². The zero-order chi connectivity index (χ0) is 18.7. The van der Waals surface area contributed by atoms with Crippen LogP contribution < -0.4 is 11.1 Å². The Hall–Kier alpha value is -3.48. The summed E-state index contributed by atoms with van der Waals surface area (Å²) in [5.74, 6) is -1.64. The van der Waals surface area contributed by atoms with E-state index >= 15 is 0 Å². The number of para-hydroxylation sites is 1. The van der Waals surface area contributed by atoms with E-state index in [1.807, 2.05) is 0 Å². The normalized spacial score (nSPS) is 12.8. The Morgan fingerprint density at radius 2 is 1.50 bits per heavy atom. The van der Waals surface area contributed by atoms with Crippen molar-refractivity contribution in [1.82, 2.24) is 4.90 Å². The number of carbonyl (C=O) groups excluding carboxylic acids is 4. The fourth-order valence-electron chi connectivity index (χ4n) is 2.86. The topological polar surface area (TPSA) is 110 Å². The van der Waals surface area contributed by atoms with Crippen molar-refractivity contribution in [1.29, 1.82) is 0 Å². The maximum atomic E-state index is 12.2. The Morgan fingerprint density at radius 3 is 2.12 bits per heavy atom. The van der Waals surface area contributed by atoms with Crippen LogP contribution in [0.25, 0.3) is 0 Å². The van der Waals surface area contributed by atoms with Crippen molar-refractivity contribution in [3.8, 4) is 0 Å². The molecule has 2 aromatic rings. The van der Waals surface area contributed by atoms with Gasteiger partial charge in [0.1, 0.15) is 0 Å². The van der Waals surface area contributed by atoms with E-state index in [1.165, 1.54) is 6.07 Å². The highest BCUT2D eigenvalue weighted by molar-refractivity contribution is 6.21. The molecule has 0 fully saturated rings. The van der Waals surface area contributed by atoms with E-state index < -0.39 is 5.91 Å². The van der Waals surface area contributed by atoms with Crippen molar-refractivity contribution in [3.05, 3.63) is 65.2 Å². The number of rotatable bonds is 6. The number of imide groups is 1. The van der Waals surface area contributed by atoms with E-state index in [0.717, 1.165) is 4.90 Å². The molecule has 0 aliphatic carbocycles. The van der Waals surface area contributed by atoms with Gasteiger partial charge in [0.25, 0.3) is 17.7 Å². The first-order chi connectivity index (χ1) is 12.5. The highest BCUT2D eigenvalue weighted by atomic mass is 16.2. The number of nitrogens with one attached hydrogen (secondary N) is 1. The molecule has 1 aliphatic heterocycles. The van der Waals surface area contributed by atoms with Crippen molar-refractivity contribution in [2.75, 3.05) is 11.9 Å². The van der Waals surface area contributed by atoms with Crippen molar-refractivity contribution in [2.24, 2.45) is 5.73 Å². The first kappa shape index (κ1) is 17.3. The van der Waals surface area contributed by atoms with E-state index in [-0.39, 0.29) is 36.3 Å². The van der Waals surface area contributed by atoms with Gasteiger partial charge in [-0.05, 0) is 30.7 Å². The molecule has 26 heavy (non-hydrogen) atoms. The predicted molar refractivity (Wildman–Crippen MR) is 94.6 cm³/mol. The number of primary amides is 1. The largest absolute Gasteiger partial charge is 0.366 e. The van der Waals surface area contributed by atoms with Gasteiger partial charge in [0.15, 0.2) is 0 Å². The van der Waals surface area contributed by atoms with Crippen LogP contribution in [0.3, 0.4) is 0 Å². The molecule has 0 atom stereocenters. The van der Waals surface area contributed by atoms with E-state index in [2.05, 4.69) is 5.32 Å². The van der Waals surface area contributed by atoms with Crippen LogP contribution in [0.1, 0.15) is 43.9 Å². The van der Waals surface area contributed by atoms with Gasteiger partial charge >= 0.3 is 0 Å². The van der Waals surface area contributed by atoms with Crippen LogP contribution in [0.5, 0.6) is 0 Å². The smallest absolute Gasteiger partial charge is 0.261 e. The van der Waals surface area contributed by atoms with Gasteiger partial charge in [-0.3, -0.25) is 24.1 Å². The monoisotopic (exact) mass is 351 g/mol. The molecule has 0 bridgehead atoms. The van der Waals surface area contributed by atoms with Crippen LogP contribution in [-0.2, 0) is 4.79 Å². The van der Waals surface area contributed by atoms with Gasteiger partial charge < -0.3 is 11.1 Å². The minimum absolute atomic E-state index is 0.0977. The number of amides is 4. The SMILES string of the molecule is NC(=O)c1ccccc1NC(=O)CCCN1C(=O)c2ccccc2C1=O. The molecular formula is C19H17N3O4. The molecule has 132 valence electrons. The summed E-state index contributed by atoms with van der Waals surface area (Å²) < 4.78 is 0. The molecule has 4 amide bonds. The molecule has 7 heteroatoms. The summed E-state index contributed by atoms with van der Waals surface area (Å²) in [5, 5.41) is 2.63. The fraction of sp³-hybridized carbons (Fsp3) is 0.158. The molecule has 0 saturated heterocycles. The Morgan fingerprint density at radius 1 is 0.923 bits per heavy atom. The average Bonchev–Trinajstić information content (AvgIpc) is 2.87. The Labute approximate surface area is 149 Å². The summed E-state index contributed by atoms with van der Waals surface area (Å²) in [6.07, 6.45) is 0.413. The minimum Gasteiger partial charge on any atom is -0.366 e. The van der Waals surface area contributed by atoms with Crippen molar-refractivity contribution in [3.63, 3.8) is 0 Å². The Kier molecular flexibility index (Phi) is 4.79. The molecule has 0 aromatic heterocycles. The third kappa shape index (κ3) is 3.32. The summed E-state index contributed by atoms with van der Waals surface area (Å²) in [6.45, 7) is 0.150. The number of anilines is 1. The van der Waals surface area contributed by atoms with Gasteiger partial charge in [0.05, 0.1) is 22.4 Å². The summed E-state index contributed by atoms with van der Waals surface area (Å²) in [5.41, 5.74) is 6.61. The predicted octanol–water partition coefficient (Wildman–Crippen LogP) is 1.80. The summed E-state index contributed by atoms with van der Waals surface area (Å²) in [4.78, 5) is 49.1. The molecule has 0 radical (unpaired) electrons. The average molecular weight is 351 g/mol. The lowest BCUT2D eigenvalue weighted by Crippen LogP contribution is -2.31. The number of benzene rings is 2. The number of hydrogen-bond donors (Lipinski definition) is 2. The first-order valence-corrected chi connectivity index (χ1v) is 8.13. The van der Waals surface area contributed by atoms with Crippen LogP contribution in [0.15, 0.2) is 48.5 Å². The van der Waals surface area contributed by atoms with Gasteiger partial charge in [-0.1, -0.05) is 24.3 Å². The third-order valence-electron chi connectivity index (χ3n) is 4.13. The molecule has 3 rings (SSSR count). The zero-order valence-corrected chi connectivity index (χ0v) is 13.9. The van der Waals surface area contributed by atoms with Crippen LogP contribution in [0.2, 0.25) is 0 Å². The molecule has 3 N–H and O–H groups in total. The third-order valence-corrected chi connectivity index (χ3v) is 4.13. The molecule has 1 aliphatic rings. The summed E-state index contributed by atoms with van der Waals surface area (Å²) in [7, 11) is 0. The molecule has 2 aromatic carbocycles. The molecular weight excluding hydrogens is 334 g/mol. The molecule has 7 nitrogen and oxygen atoms in total. The fourth-order valence-corrected chi connectivity index (χ4v) is 2.86. The van der Waals surface area contributed by atoms with Gasteiger partial charge in [0, 0.05) is 13.0 Å². The number of hydrogen-bond acceptors (Lipinski definition) is 4. The maximum absolute atomic E-state index is 12.2. The van der Waals surface area contributed by atoms with Gasteiger partial charge in [-0.2, -0.15) is 0 Å². The van der Waals surface area contributed by atoms with Gasteiger partial charge in [-0.25, -0.2) is 0 Å². The quantitative estimate of drug-likeness (QED) is 0.773.